The minimum Gasteiger partial charge on any atom is -0.450 e. The summed E-state index contributed by atoms with van der Waals surface area (Å²) in [6.07, 6.45) is 8.45. The van der Waals surface area contributed by atoms with Gasteiger partial charge in [-0.1, -0.05) is 6.92 Å². The average molecular weight is 384 g/mol. The molecule has 3 aliphatic rings. The zero-order valence-electron chi connectivity index (χ0n) is 16.9. The lowest BCUT2D eigenvalue weighted by Gasteiger charge is -2.52. The van der Waals surface area contributed by atoms with Crippen molar-refractivity contribution in [3.63, 3.8) is 0 Å². The van der Waals surface area contributed by atoms with Crippen LogP contribution in [0.25, 0.3) is 0 Å². The number of hydrogen-bond acceptors (Lipinski definition) is 5. The Morgan fingerprint density at radius 2 is 1.96 bits per heavy atom. The first kappa shape index (κ1) is 20.3. The molecular formula is C20H37N3O2S. The van der Waals surface area contributed by atoms with Gasteiger partial charge in [-0.15, -0.1) is 0 Å². The van der Waals surface area contributed by atoms with Crippen LogP contribution in [-0.2, 0) is 4.74 Å². The van der Waals surface area contributed by atoms with Gasteiger partial charge in [-0.2, -0.15) is 11.8 Å². The van der Waals surface area contributed by atoms with Gasteiger partial charge in [0.2, 0.25) is 0 Å². The minimum absolute atomic E-state index is 0.112. The van der Waals surface area contributed by atoms with Crippen LogP contribution >= 0.6 is 11.8 Å². The number of hydrogen-bond donors (Lipinski definition) is 0. The van der Waals surface area contributed by atoms with E-state index in [4.69, 9.17) is 4.74 Å². The third-order valence-corrected chi connectivity index (χ3v) is 7.41. The largest absolute Gasteiger partial charge is 0.450 e. The highest BCUT2D eigenvalue weighted by molar-refractivity contribution is 7.98. The highest BCUT2D eigenvalue weighted by atomic mass is 32.2. The average Bonchev–Trinajstić information content (AvgIpc) is 3.08. The van der Waals surface area contributed by atoms with Crippen LogP contribution in [0.4, 0.5) is 4.79 Å². The van der Waals surface area contributed by atoms with Crippen LogP contribution in [-0.4, -0.2) is 90.8 Å². The molecule has 0 aromatic heterocycles. The Morgan fingerprint density at radius 3 is 2.58 bits per heavy atom. The second-order valence-electron chi connectivity index (χ2n) is 8.32. The van der Waals surface area contributed by atoms with E-state index < -0.39 is 0 Å². The van der Waals surface area contributed by atoms with Crippen molar-refractivity contribution in [1.29, 1.82) is 0 Å². The van der Waals surface area contributed by atoms with Gasteiger partial charge in [0.05, 0.1) is 6.61 Å². The zero-order chi connectivity index (χ0) is 18.6. The molecule has 1 amide bonds. The second kappa shape index (κ2) is 9.16. The lowest BCUT2D eigenvalue weighted by atomic mass is 9.64. The normalized spacial score (nSPS) is 30.2. The molecule has 2 aliphatic heterocycles. The summed E-state index contributed by atoms with van der Waals surface area (Å²) in [7, 11) is 0. The van der Waals surface area contributed by atoms with Gasteiger partial charge >= 0.3 is 6.09 Å². The van der Waals surface area contributed by atoms with Crippen molar-refractivity contribution in [1.82, 2.24) is 14.7 Å². The van der Waals surface area contributed by atoms with E-state index in [0.29, 0.717) is 12.0 Å². The number of rotatable bonds is 7. The Hall–Kier alpha value is -0.460. The van der Waals surface area contributed by atoms with Gasteiger partial charge in [0, 0.05) is 37.5 Å². The number of piperidine rings is 1. The molecule has 0 radical (unpaired) electrons. The van der Waals surface area contributed by atoms with Gasteiger partial charge < -0.3 is 14.5 Å². The van der Waals surface area contributed by atoms with Crippen LogP contribution in [0.3, 0.4) is 0 Å². The molecule has 2 saturated heterocycles. The summed E-state index contributed by atoms with van der Waals surface area (Å²) in [6.45, 7) is 11.4. The van der Waals surface area contributed by atoms with Crippen molar-refractivity contribution in [3.8, 4) is 0 Å². The smallest absolute Gasteiger partial charge is 0.409 e. The molecule has 26 heavy (non-hydrogen) atoms. The fraction of sp³-hybridized carbons (Fsp3) is 0.950. The summed E-state index contributed by atoms with van der Waals surface area (Å²) in [6, 6.07) is 1.53. The maximum Gasteiger partial charge on any atom is 0.409 e. The highest BCUT2D eigenvalue weighted by Crippen LogP contribution is 2.50. The van der Waals surface area contributed by atoms with E-state index in [1.165, 1.54) is 57.6 Å². The Kier molecular flexibility index (Phi) is 7.14. The molecule has 1 aliphatic carbocycles. The quantitative estimate of drug-likeness (QED) is 0.675. The van der Waals surface area contributed by atoms with Gasteiger partial charge in [0.15, 0.2) is 0 Å². The molecule has 0 bridgehead atoms. The molecule has 2 heterocycles. The number of carbonyl (C=O) groups is 1. The molecule has 5 nitrogen and oxygen atoms in total. The van der Waals surface area contributed by atoms with E-state index in [0.717, 1.165) is 31.6 Å². The number of nitrogens with zero attached hydrogens (tertiary/aromatic N) is 3. The molecule has 1 spiro atoms. The Bertz CT molecular complexity index is 462. The minimum atomic E-state index is -0.112. The van der Waals surface area contributed by atoms with Crippen molar-refractivity contribution in [3.05, 3.63) is 0 Å². The molecule has 150 valence electrons. The van der Waals surface area contributed by atoms with Gasteiger partial charge in [0.1, 0.15) is 0 Å². The highest BCUT2D eigenvalue weighted by Gasteiger charge is 2.51. The van der Waals surface area contributed by atoms with E-state index >= 15 is 0 Å². The third-order valence-electron chi connectivity index (χ3n) is 6.82. The summed E-state index contributed by atoms with van der Waals surface area (Å²) >= 11 is 1.95. The third kappa shape index (κ3) is 4.50. The molecule has 0 N–H and O–H groups in total. The summed E-state index contributed by atoms with van der Waals surface area (Å²) in [5, 5.41) is 0. The fourth-order valence-corrected chi connectivity index (χ4v) is 5.68. The molecule has 3 fully saturated rings. The fourth-order valence-electron chi connectivity index (χ4n) is 5.26. The number of carbonyl (C=O) groups excluding carboxylic acids is 1. The van der Waals surface area contributed by atoms with Crippen LogP contribution in [0, 0.1) is 5.41 Å². The first-order valence-electron chi connectivity index (χ1n) is 10.5. The maximum atomic E-state index is 11.9. The molecule has 6 heteroatoms. The molecule has 0 aromatic rings. The van der Waals surface area contributed by atoms with E-state index in [1.54, 1.807) is 0 Å². The number of amides is 1. The van der Waals surface area contributed by atoms with Crippen LogP contribution in [0.1, 0.15) is 46.0 Å². The molecule has 1 saturated carbocycles. The predicted octanol–water partition coefficient (Wildman–Crippen LogP) is 3.15. The van der Waals surface area contributed by atoms with Crippen molar-refractivity contribution >= 4 is 17.9 Å². The summed E-state index contributed by atoms with van der Waals surface area (Å²) in [4.78, 5) is 19.3. The molecular weight excluding hydrogens is 346 g/mol. The Balaban J connectivity index is 1.40. The van der Waals surface area contributed by atoms with Gasteiger partial charge in [-0.3, -0.25) is 4.90 Å². The number of thioether (sulfide) groups is 1. The standard InChI is InChI=1S/C20H37N3O2S/c1-4-21(12-13-26-3)17-6-9-22(10-7-17)18-14-20(15-18)8-11-23(16-20)19(24)25-5-2/h17-18H,4-16H2,1-3H3. The van der Waals surface area contributed by atoms with Crippen LogP contribution < -0.4 is 0 Å². The summed E-state index contributed by atoms with van der Waals surface area (Å²) in [5.74, 6) is 1.25. The lowest BCUT2D eigenvalue weighted by molar-refractivity contribution is -0.0150. The van der Waals surface area contributed by atoms with Crippen molar-refractivity contribution in [2.45, 2.75) is 58.0 Å². The monoisotopic (exact) mass is 383 g/mol. The lowest BCUT2D eigenvalue weighted by Crippen LogP contribution is -2.56. The summed E-state index contributed by atoms with van der Waals surface area (Å²) < 4.78 is 5.17. The predicted molar refractivity (Wildman–Crippen MR) is 109 cm³/mol. The van der Waals surface area contributed by atoms with Crippen LogP contribution in [0.5, 0.6) is 0 Å². The molecule has 0 aromatic carbocycles. The first-order valence-corrected chi connectivity index (χ1v) is 11.9. The second-order valence-corrected chi connectivity index (χ2v) is 9.31. The molecule has 3 rings (SSSR count). The van der Waals surface area contributed by atoms with Crippen molar-refractivity contribution < 1.29 is 9.53 Å². The van der Waals surface area contributed by atoms with Crippen molar-refractivity contribution in [2.24, 2.45) is 5.41 Å². The Labute approximate surface area is 163 Å². The number of likely N-dealkylation sites (tertiary alicyclic amines) is 2. The van der Waals surface area contributed by atoms with E-state index in [2.05, 4.69) is 23.0 Å². The first-order chi connectivity index (χ1) is 12.6. The van der Waals surface area contributed by atoms with E-state index in [1.807, 2.05) is 23.6 Å². The SMILES string of the molecule is CCOC(=O)N1CCC2(CC(N3CCC(N(CC)CCSC)CC3)C2)C1. The van der Waals surface area contributed by atoms with Gasteiger partial charge in [-0.05, 0) is 70.3 Å². The Morgan fingerprint density at radius 1 is 1.23 bits per heavy atom. The number of ether oxygens (including phenoxy) is 1. The van der Waals surface area contributed by atoms with Crippen LogP contribution in [0.15, 0.2) is 0 Å². The maximum absolute atomic E-state index is 11.9. The van der Waals surface area contributed by atoms with E-state index in [-0.39, 0.29) is 6.09 Å². The van der Waals surface area contributed by atoms with Gasteiger partial charge in [0.25, 0.3) is 0 Å². The van der Waals surface area contributed by atoms with Gasteiger partial charge in [-0.25, -0.2) is 4.79 Å². The van der Waals surface area contributed by atoms with Crippen LogP contribution in [0.2, 0.25) is 0 Å². The summed E-state index contributed by atoms with van der Waals surface area (Å²) in [5.41, 5.74) is 0.391. The topological polar surface area (TPSA) is 36.0 Å². The molecule has 0 atom stereocenters. The van der Waals surface area contributed by atoms with Crippen molar-refractivity contribution in [2.75, 3.05) is 57.9 Å². The zero-order valence-corrected chi connectivity index (χ0v) is 17.7. The molecule has 0 unspecified atom stereocenters. The van der Waals surface area contributed by atoms with E-state index in [9.17, 15) is 4.79 Å².